The molecule has 8 heteroatoms. The van der Waals surface area contributed by atoms with E-state index in [-0.39, 0.29) is 0 Å². The third kappa shape index (κ3) is 1.99. The molecule has 0 fully saturated rings. The predicted molar refractivity (Wildman–Crippen MR) is 34.1 cm³/mol. The van der Waals surface area contributed by atoms with E-state index in [1.165, 1.54) is 0 Å². The molecule has 0 amide bonds. The minimum Gasteiger partial charge on any atom is -0.546 e. The van der Waals surface area contributed by atoms with Crippen LogP contribution in [0.15, 0.2) is 0 Å². The van der Waals surface area contributed by atoms with Crippen molar-refractivity contribution in [2.45, 2.75) is 17.8 Å². The number of hydrogen-bond acceptors (Lipinski definition) is 8. The summed E-state index contributed by atoms with van der Waals surface area (Å²) in [5.41, 5.74) is -3.76. The summed E-state index contributed by atoms with van der Waals surface area (Å²) in [4.78, 5) is 20.4. The average Bonchev–Trinajstić information content (AvgIpc) is 2.13. The van der Waals surface area contributed by atoms with E-state index in [0.717, 1.165) is 0 Å². The van der Waals surface area contributed by atoms with Gasteiger partial charge in [-0.15, -0.1) is 0 Å². The fourth-order valence-corrected chi connectivity index (χ4v) is 0.703. The van der Waals surface area contributed by atoms with Crippen LogP contribution in [0.2, 0.25) is 0 Å². The molecule has 0 heterocycles. The molecule has 0 spiro atoms. The normalized spacial score (nSPS) is 16.0. The first-order valence-corrected chi connectivity index (χ1v) is 3.40. The third-order valence-corrected chi connectivity index (χ3v) is 1.60. The number of aliphatic hydroxyl groups excluding tert-OH is 3. The highest BCUT2D eigenvalue weighted by molar-refractivity contribution is 6.00. The van der Waals surface area contributed by atoms with Gasteiger partial charge in [-0.3, -0.25) is 0 Å². The SMILES string of the molecule is O=C([O-])C(O)(C(=O)[O-])[C@H](O)[C@@H](O)CO. The summed E-state index contributed by atoms with van der Waals surface area (Å²) in [6.45, 7) is -1.13. The largest absolute Gasteiger partial charge is 0.546 e. The zero-order chi connectivity index (χ0) is 11.5. The monoisotopic (exact) mass is 208 g/mol. The van der Waals surface area contributed by atoms with Crippen molar-refractivity contribution < 1.29 is 40.2 Å². The predicted octanol–water partition coefficient (Wildman–Crippen LogP) is -6.07. The van der Waals surface area contributed by atoms with Gasteiger partial charge in [0.1, 0.15) is 12.2 Å². The molecule has 0 aliphatic carbocycles. The Labute approximate surface area is 77.7 Å². The van der Waals surface area contributed by atoms with Crippen molar-refractivity contribution in [2.75, 3.05) is 6.61 Å². The van der Waals surface area contributed by atoms with E-state index < -0.39 is 36.4 Å². The van der Waals surface area contributed by atoms with Gasteiger partial charge in [0.15, 0.2) is 5.60 Å². The van der Waals surface area contributed by atoms with Crippen LogP contribution in [0.5, 0.6) is 0 Å². The first kappa shape index (κ1) is 12.8. The number of carbonyl (C=O) groups excluding carboxylic acids is 2. The number of aliphatic carboxylic acids is 2. The van der Waals surface area contributed by atoms with Crippen LogP contribution in [0.3, 0.4) is 0 Å². The van der Waals surface area contributed by atoms with E-state index in [4.69, 9.17) is 20.4 Å². The second-order valence-corrected chi connectivity index (χ2v) is 2.54. The maximum Gasteiger partial charge on any atom is 0.171 e. The number of carbonyl (C=O) groups is 2. The Hall–Kier alpha value is -1.22. The highest BCUT2D eigenvalue weighted by Crippen LogP contribution is 2.12. The molecular weight excluding hydrogens is 200 g/mol. The van der Waals surface area contributed by atoms with Crippen LogP contribution >= 0.6 is 0 Å². The van der Waals surface area contributed by atoms with Gasteiger partial charge in [0, 0.05) is 0 Å². The summed E-state index contributed by atoms with van der Waals surface area (Å²) in [5.74, 6) is -5.09. The fourth-order valence-electron chi connectivity index (χ4n) is 0.703. The lowest BCUT2D eigenvalue weighted by atomic mass is 9.93. The van der Waals surface area contributed by atoms with Gasteiger partial charge < -0.3 is 40.2 Å². The van der Waals surface area contributed by atoms with Crippen molar-refractivity contribution in [2.24, 2.45) is 0 Å². The summed E-state index contributed by atoms with van der Waals surface area (Å²) in [5, 5.41) is 55.1. The summed E-state index contributed by atoms with van der Waals surface area (Å²) >= 11 is 0. The van der Waals surface area contributed by atoms with Crippen molar-refractivity contribution in [1.82, 2.24) is 0 Å². The molecule has 0 aliphatic rings. The van der Waals surface area contributed by atoms with Crippen molar-refractivity contribution in [3.8, 4) is 0 Å². The molecule has 0 bridgehead atoms. The second-order valence-electron chi connectivity index (χ2n) is 2.54. The van der Waals surface area contributed by atoms with Gasteiger partial charge in [-0.1, -0.05) is 0 Å². The minimum atomic E-state index is -3.76. The number of carboxylic acid groups (broad SMARTS) is 2. The molecule has 0 radical (unpaired) electrons. The molecule has 0 aromatic rings. The first-order chi connectivity index (χ1) is 6.28. The molecule has 0 saturated carbocycles. The van der Waals surface area contributed by atoms with Gasteiger partial charge in [-0.25, -0.2) is 0 Å². The van der Waals surface area contributed by atoms with E-state index in [2.05, 4.69) is 0 Å². The van der Waals surface area contributed by atoms with Crippen molar-refractivity contribution in [3.05, 3.63) is 0 Å². The molecule has 0 aromatic carbocycles. The fraction of sp³-hybridized carbons (Fsp3) is 0.667. The van der Waals surface area contributed by atoms with Crippen LogP contribution in [0.1, 0.15) is 0 Å². The van der Waals surface area contributed by atoms with Crippen LogP contribution < -0.4 is 10.2 Å². The molecule has 14 heavy (non-hydrogen) atoms. The number of carboxylic acids is 2. The molecule has 0 saturated heterocycles. The highest BCUT2D eigenvalue weighted by Gasteiger charge is 2.43. The number of rotatable bonds is 5. The third-order valence-electron chi connectivity index (χ3n) is 1.60. The maximum atomic E-state index is 10.2. The Morgan fingerprint density at radius 1 is 1.21 bits per heavy atom. The van der Waals surface area contributed by atoms with Gasteiger partial charge in [0.05, 0.1) is 18.5 Å². The van der Waals surface area contributed by atoms with E-state index in [1.54, 1.807) is 0 Å². The molecule has 2 atom stereocenters. The average molecular weight is 208 g/mol. The standard InChI is InChI=1S/C6H10O8/c7-1-2(8)3(9)6(14,4(10)11)5(12)13/h2-3,7-9,14H,1H2,(H,10,11)(H,12,13)/p-2/t2-,3+/m0/s1. The molecule has 4 N–H and O–H groups in total. The van der Waals surface area contributed by atoms with Gasteiger partial charge >= 0.3 is 0 Å². The molecule has 0 aliphatic heterocycles. The van der Waals surface area contributed by atoms with Crippen LogP contribution in [0.25, 0.3) is 0 Å². The smallest absolute Gasteiger partial charge is 0.171 e. The van der Waals surface area contributed by atoms with E-state index in [9.17, 15) is 19.8 Å². The molecular formula is C6H8O8-2. The Morgan fingerprint density at radius 2 is 1.57 bits per heavy atom. The van der Waals surface area contributed by atoms with Crippen molar-refractivity contribution in [3.63, 3.8) is 0 Å². The second kappa shape index (κ2) is 4.33. The summed E-state index contributed by atoms with van der Waals surface area (Å²) in [7, 11) is 0. The lowest BCUT2D eigenvalue weighted by molar-refractivity contribution is -0.359. The van der Waals surface area contributed by atoms with Crippen LogP contribution in [0.4, 0.5) is 0 Å². The molecule has 82 valence electrons. The quantitative estimate of drug-likeness (QED) is 0.324. The summed E-state index contributed by atoms with van der Waals surface area (Å²) in [6, 6.07) is 0. The highest BCUT2D eigenvalue weighted by atomic mass is 16.5. The van der Waals surface area contributed by atoms with Gasteiger partial charge in [0.25, 0.3) is 0 Å². The zero-order valence-corrected chi connectivity index (χ0v) is 6.78. The van der Waals surface area contributed by atoms with E-state index in [0.29, 0.717) is 0 Å². The number of aliphatic hydroxyl groups is 4. The zero-order valence-electron chi connectivity index (χ0n) is 6.78. The maximum absolute atomic E-state index is 10.2. The van der Waals surface area contributed by atoms with E-state index >= 15 is 0 Å². The van der Waals surface area contributed by atoms with Crippen molar-refractivity contribution >= 4 is 11.9 Å². The summed E-state index contributed by atoms with van der Waals surface area (Å²) < 4.78 is 0. The summed E-state index contributed by atoms with van der Waals surface area (Å²) in [6.07, 6.45) is -4.79. The Morgan fingerprint density at radius 3 is 1.79 bits per heavy atom. The Bertz CT molecular complexity index is 222. The molecule has 0 unspecified atom stereocenters. The molecule has 8 nitrogen and oxygen atoms in total. The van der Waals surface area contributed by atoms with Crippen molar-refractivity contribution in [1.29, 1.82) is 0 Å². The van der Waals surface area contributed by atoms with Crippen LogP contribution in [-0.4, -0.2) is 56.8 Å². The molecule has 0 rings (SSSR count). The lowest BCUT2D eigenvalue weighted by Gasteiger charge is -2.36. The lowest BCUT2D eigenvalue weighted by Crippen LogP contribution is -2.68. The molecule has 0 aromatic heterocycles. The van der Waals surface area contributed by atoms with Crippen LogP contribution in [-0.2, 0) is 9.59 Å². The topological polar surface area (TPSA) is 161 Å². The van der Waals surface area contributed by atoms with Gasteiger partial charge in [-0.05, 0) is 0 Å². The Kier molecular flexibility index (Phi) is 3.95. The minimum absolute atomic E-state index is 1.13. The first-order valence-electron chi connectivity index (χ1n) is 3.40. The van der Waals surface area contributed by atoms with Crippen LogP contribution in [0, 0.1) is 0 Å². The van der Waals surface area contributed by atoms with E-state index in [1.807, 2.05) is 0 Å². The van der Waals surface area contributed by atoms with Gasteiger partial charge in [-0.2, -0.15) is 0 Å². The van der Waals surface area contributed by atoms with Gasteiger partial charge in [0.2, 0.25) is 0 Å². The Balaban J connectivity index is 5.02. The number of hydrogen-bond donors (Lipinski definition) is 4.